The summed E-state index contributed by atoms with van der Waals surface area (Å²) in [5, 5.41) is 41.3. The zero-order valence-corrected chi connectivity index (χ0v) is 65.8. The van der Waals surface area contributed by atoms with Gasteiger partial charge in [0.2, 0.25) is 0 Å². The number of carbonyl (C=O) groups is 3. The molecule has 110 heavy (non-hydrogen) atoms. The Morgan fingerprint density at radius 2 is 0.700 bits per heavy atom. The highest BCUT2D eigenvalue weighted by Crippen LogP contribution is 2.40. The second kappa shape index (κ2) is 35.6. The third kappa shape index (κ3) is 18.2. The maximum atomic E-state index is 13.6. The maximum Gasteiger partial charge on any atom is 0.357 e. The standard InChI is InChI=1S/C27H21Cl3N4O4.C25H27Cl2N5O4.C24H24Cl3N5O4/c28-19-7-9-23-20(15-19)24(25(34(37)38)27(36)33(23)16-17-4-2-1-3-5-17)31-10-12-32(13-11-31)26(35)18-6-8-21(29)22(30)14-18;1-28(2)10-3-11-31-21-9-8-19(27)16-20(21)22(23(25(31)34)32(35)36)29-12-14-30(15-13-29)24(33)17-4-6-18(26)7-5-17;1-28(2)7-12-31-20-6-4-16(25)14-17(20)21(22(24(31)34)32(35)36)29-8-10-30(11-9-29)23(33)15-3-5-18(26)19(27)13-15/h1-9,14-15H,10-13,16H2;4-9,16H,3,10-15H2,1-2H3;3-6,13-14H,7-12H2,1-2H3. The number of hydrogen-bond donors (Lipinski definition) is 0. The predicted octanol–water partition coefficient (Wildman–Crippen LogP) is 14.4. The Hall–Kier alpha value is -9.58. The molecule has 0 saturated carbocycles. The molecule has 0 bridgehead atoms. The van der Waals surface area contributed by atoms with Gasteiger partial charge in [-0.15, -0.1) is 0 Å². The Morgan fingerprint density at radius 1 is 0.373 bits per heavy atom. The summed E-state index contributed by atoms with van der Waals surface area (Å²) in [6, 6.07) is 40.5. The van der Waals surface area contributed by atoms with Crippen molar-refractivity contribution in [3.8, 4) is 0 Å². The summed E-state index contributed by atoms with van der Waals surface area (Å²) in [5.41, 5.74) is 1.10. The number of aromatic nitrogens is 3. The van der Waals surface area contributed by atoms with Crippen LogP contribution in [0, 0.1) is 30.3 Å². The van der Waals surface area contributed by atoms with E-state index in [1.165, 1.54) is 25.8 Å². The number of nitro groups is 3. The Balaban J connectivity index is 0.000000164. The van der Waals surface area contributed by atoms with Crippen LogP contribution in [0.25, 0.3) is 32.7 Å². The fourth-order valence-electron chi connectivity index (χ4n) is 13.7. The van der Waals surface area contributed by atoms with Crippen LogP contribution in [-0.2, 0) is 19.6 Å². The number of aryl methyl sites for hydroxylation is 1. The highest BCUT2D eigenvalue weighted by Gasteiger charge is 2.37. The number of hydrogen-bond acceptors (Lipinski definition) is 17. The first-order valence-corrected chi connectivity index (χ1v) is 37.7. The molecule has 3 aliphatic heterocycles. The molecular weight excluding hydrogens is 1580 g/mol. The third-order valence-electron chi connectivity index (χ3n) is 19.1. The van der Waals surface area contributed by atoms with E-state index in [-0.39, 0.29) is 71.0 Å². The van der Waals surface area contributed by atoms with Crippen molar-refractivity contribution in [2.24, 2.45) is 0 Å². The Labute approximate surface area is 670 Å². The van der Waals surface area contributed by atoms with Gasteiger partial charge in [0.15, 0.2) is 0 Å². The van der Waals surface area contributed by atoms with E-state index in [1.54, 1.807) is 128 Å². The van der Waals surface area contributed by atoms with Gasteiger partial charge in [-0.25, -0.2) is 0 Å². The van der Waals surface area contributed by atoms with Crippen LogP contribution < -0.4 is 31.4 Å². The van der Waals surface area contributed by atoms with Gasteiger partial charge in [0.25, 0.3) is 17.7 Å². The summed E-state index contributed by atoms with van der Waals surface area (Å²) in [6.45, 7) is 5.85. The zero-order valence-electron chi connectivity index (χ0n) is 59.8. The topological polar surface area (TPSA) is 273 Å². The van der Waals surface area contributed by atoms with Crippen LogP contribution >= 0.6 is 92.8 Å². The number of anilines is 3. The lowest BCUT2D eigenvalue weighted by atomic mass is 10.1. The van der Waals surface area contributed by atoms with Crippen molar-refractivity contribution in [2.75, 3.05) is 135 Å². The molecule has 10 aromatic rings. The fourth-order valence-corrected chi connectivity index (χ4v) is 14.9. The van der Waals surface area contributed by atoms with Crippen molar-refractivity contribution in [1.29, 1.82) is 0 Å². The van der Waals surface area contributed by atoms with Crippen LogP contribution in [0.4, 0.5) is 34.1 Å². The van der Waals surface area contributed by atoms with Crippen LogP contribution in [0.1, 0.15) is 43.1 Å². The van der Waals surface area contributed by atoms with Crippen LogP contribution in [0.5, 0.6) is 0 Å². The third-order valence-corrected chi connectivity index (χ3v) is 21.5. The highest BCUT2D eigenvalue weighted by atomic mass is 35.5. The normalized spacial score (nSPS) is 13.9. The first kappa shape index (κ1) is 81.4. The van der Waals surface area contributed by atoms with Gasteiger partial charge in [-0.1, -0.05) is 123 Å². The molecule has 3 saturated heterocycles. The molecule has 0 aliphatic carbocycles. The second-order valence-electron chi connectivity index (χ2n) is 26.7. The van der Waals surface area contributed by atoms with Crippen molar-refractivity contribution in [3.05, 3.63) is 269 Å². The van der Waals surface area contributed by atoms with Gasteiger partial charge in [0, 0.05) is 151 Å². The Kier molecular flexibility index (Phi) is 26.4. The van der Waals surface area contributed by atoms with Gasteiger partial charge in [0.05, 0.1) is 58.0 Å². The number of fused-ring (bicyclic) bond motifs is 3. The first-order chi connectivity index (χ1) is 52.5. The first-order valence-electron chi connectivity index (χ1n) is 34.6. The molecule has 0 atom stereocenters. The van der Waals surface area contributed by atoms with Crippen molar-refractivity contribution in [3.63, 3.8) is 0 Å². The summed E-state index contributed by atoms with van der Waals surface area (Å²) in [5.74, 6) is -0.566. The average Bonchev–Trinajstić information content (AvgIpc) is 0.755. The molecule has 6 heterocycles. The fraction of sp³-hybridized carbons (Fsp3) is 0.289. The molecule has 34 heteroatoms. The largest absolute Gasteiger partial charge is 0.362 e. The minimum absolute atomic E-state index is 0.134. The minimum Gasteiger partial charge on any atom is -0.362 e. The molecule has 3 aromatic heterocycles. The minimum atomic E-state index is -0.696. The monoisotopic (exact) mass is 1650 g/mol. The number of likely N-dealkylation sites (N-methyl/N-ethyl adjacent to an activating group) is 1. The number of nitrogens with zero attached hydrogens (tertiary/aromatic N) is 14. The lowest BCUT2D eigenvalue weighted by molar-refractivity contribution is -0.385. The number of rotatable bonds is 18. The number of pyridine rings is 3. The van der Waals surface area contributed by atoms with Gasteiger partial charge in [0.1, 0.15) is 17.1 Å². The molecule has 0 radical (unpaired) electrons. The van der Waals surface area contributed by atoms with Crippen LogP contribution in [0.2, 0.25) is 40.2 Å². The molecule has 0 unspecified atom stereocenters. The van der Waals surface area contributed by atoms with Crippen LogP contribution in [0.15, 0.2) is 160 Å². The smallest absolute Gasteiger partial charge is 0.357 e. The van der Waals surface area contributed by atoms with Gasteiger partial charge < -0.3 is 48.3 Å². The SMILES string of the molecule is CN(C)CCCn1c(=O)c([N+](=O)[O-])c(N2CCN(C(=O)c3ccc(Cl)cc3)CC2)c2cc(Cl)ccc21.CN(C)CCn1c(=O)c([N+](=O)[O-])c(N2CCN(C(=O)c3ccc(Cl)c(Cl)c3)CC2)c2cc(Cl)ccc21.O=C(c1ccc(Cl)c(Cl)c1)N1CCN(c2c([N+](=O)[O-])c(=O)n(Cc3ccccc3)c3ccc(Cl)cc23)CC1. The van der Waals surface area contributed by atoms with Crippen molar-refractivity contribution < 1.29 is 29.2 Å². The molecule has 0 spiro atoms. The van der Waals surface area contributed by atoms with E-state index in [0.717, 1.165) is 12.1 Å². The summed E-state index contributed by atoms with van der Waals surface area (Å²) < 4.78 is 4.31. The number of benzene rings is 7. The van der Waals surface area contributed by atoms with Gasteiger partial charge in [-0.2, -0.15) is 0 Å². The summed E-state index contributed by atoms with van der Waals surface area (Å²) in [4.78, 5) is 128. The second-order valence-corrected chi connectivity index (χ2v) is 30.1. The van der Waals surface area contributed by atoms with E-state index < -0.39 is 48.5 Å². The Morgan fingerprint density at radius 3 is 1.05 bits per heavy atom. The molecule has 3 fully saturated rings. The number of halogens is 8. The summed E-state index contributed by atoms with van der Waals surface area (Å²) in [6.07, 6.45) is 0.659. The summed E-state index contributed by atoms with van der Waals surface area (Å²) in [7, 11) is 7.60. The van der Waals surface area contributed by atoms with Crippen LogP contribution in [0.3, 0.4) is 0 Å². The average molecular weight is 1660 g/mol. The number of piperazine rings is 3. The van der Waals surface area contributed by atoms with Crippen molar-refractivity contribution in [1.82, 2.24) is 38.2 Å². The van der Waals surface area contributed by atoms with E-state index in [0.29, 0.717) is 164 Å². The van der Waals surface area contributed by atoms with E-state index in [9.17, 15) is 59.1 Å². The van der Waals surface area contributed by atoms with Crippen molar-refractivity contribution in [2.45, 2.75) is 26.1 Å². The number of amides is 3. The molecule has 3 amide bonds. The highest BCUT2D eigenvalue weighted by molar-refractivity contribution is 6.43. The predicted molar refractivity (Wildman–Crippen MR) is 436 cm³/mol. The molecule has 3 aliphatic rings. The number of carbonyl (C=O) groups excluding carboxylic acids is 3. The lowest BCUT2D eigenvalue weighted by Gasteiger charge is -2.36. The lowest BCUT2D eigenvalue weighted by Crippen LogP contribution is -2.49. The van der Waals surface area contributed by atoms with E-state index >= 15 is 0 Å². The molecule has 26 nitrogen and oxygen atoms in total. The molecule has 7 aromatic carbocycles. The van der Waals surface area contributed by atoms with Crippen molar-refractivity contribution >= 4 is 177 Å². The Bertz CT molecular complexity index is 5420. The van der Waals surface area contributed by atoms with Crippen LogP contribution in [-0.4, -0.2) is 191 Å². The van der Waals surface area contributed by atoms with Gasteiger partial charge >= 0.3 is 33.7 Å². The van der Waals surface area contributed by atoms with Gasteiger partial charge in [-0.3, -0.25) is 63.7 Å². The van der Waals surface area contributed by atoms with E-state index in [1.807, 2.05) is 73.2 Å². The molecular formula is C76H72Cl8N14O12. The molecule has 13 rings (SSSR count). The van der Waals surface area contributed by atoms with Gasteiger partial charge in [-0.05, 0) is 162 Å². The maximum absolute atomic E-state index is 13.6. The van der Waals surface area contributed by atoms with E-state index in [4.69, 9.17) is 92.8 Å². The zero-order chi connectivity index (χ0) is 79.1. The quantitative estimate of drug-likeness (QED) is 0.0570. The summed E-state index contributed by atoms with van der Waals surface area (Å²) >= 11 is 48.9. The molecule has 0 N–H and O–H groups in total. The molecule has 574 valence electrons. The van der Waals surface area contributed by atoms with E-state index in [2.05, 4.69) is 0 Å².